The first-order valence-corrected chi connectivity index (χ1v) is 48.7. The van der Waals surface area contributed by atoms with E-state index in [2.05, 4.69) is 0 Å². The van der Waals surface area contributed by atoms with E-state index in [1.165, 1.54) is 30.3 Å². The maximum absolute atomic E-state index is 9.63. The van der Waals surface area contributed by atoms with Crippen molar-refractivity contribution in [3.05, 3.63) is 127 Å². The first-order valence-electron chi connectivity index (χ1n) is 48.7. The molecule has 143 heavy (non-hydrogen) atoms. The summed E-state index contributed by atoms with van der Waals surface area (Å²) in [4.78, 5) is 0. The molecule has 0 aliphatic carbocycles. The molecule has 41 heteroatoms. The molecule has 0 radical (unpaired) electrons. The number of fused-ring (bicyclic) bond motifs is 7. The van der Waals surface area contributed by atoms with Gasteiger partial charge in [0.2, 0.25) is 0 Å². The first-order chi connectivity index (χ1) is 70.5. The van der Waals surface area contributed by atoms with E-state index in [-0.39, 0.29) is 40.2 Å². The van der Waals surface area contributed by atoms with E-state index < -0.39 is 0 Å². The standard InChI is InChI=1S/C18H28O8.C16H24O7.C15H22O5.C14H20O6.C14H20O5.C13H18O5.C12H16O5/c19-16-1-2-17-18(15-16)26-14-12-24-10-8-22-6-4-20-3-5-21-7-9-23-11-13-25-17;17-14-1-2-15-16(13-14)23-12-10-21-8-6-19-4-3-18-5-7-20-9-11-22-15;16-13-4-5-14-15(12-13)20-11-3-9-18-7-1-6-17-8-2-10-19-14;15-12-1-2-13-14(11-12)20-10-8-18-6-4-16-3-5-17-7-9-19-13;15-12-3-4-13-14(11-12)19-8-2-6-17-10-9-16-5-1-7-18-13;14-11-2-3-12-13(10-11)18-9-7-16-5-1-4-15-6-8-17-12;13-10-1-2-11-12(9-10)17-8-6-15-4-3-14-5-7-16-11/h1-2,15,19H,3-14H2;1-2,13,17H,3-12H2;4-5,12,16H,1-3,6-11H2;1-2,11,15H,3-10H2;3-4,11,15H,1-2,5-10H2;2-3,10,14H,1,4-9H2;1-2,9,13H,3-8H2. The normalized spacial score (nSPS) is 18.9. The molecule has 0 bridgehead atoms. The Hall–Kier alpha value is -10.5. The molecule has 7 aliphatic rings. The van der Waals surface area contributed by atoms with Crippen molar-refractivity contribution in [1.82, 2.24) is 0 Å². The third-order valence-corrected chi connectivity index (χ3v) is 19.4. The number of hydrogen-bond donors (Lipinski definition) is 7. The minimum atomic E-state index is 0.114. The van der Waals surface area contributed by atoms with Crippen molar-refractivity contribution in [3.63, 3.8) is 0 Å². The Balaban J connectivity index is 0.000000205. The predicted molar refractivity (Wildman–Crippen MR) is 518 cm³/mol. The van der Waals surface area contributed by atoms with Crippen LogP contribution < -0.4 is 66.3 Å². The summed E-state index contributed by atoms with van der Waals surface area (Å²) in [6.45, 7) is 27.9. The number of hydrogen-bond acceptors (Lipinski definition) is 41. The molecule has 0 saturated heterocycles. The summed E-state index contributed by atoms with van der Waals surface area (Å²) >= 11 is 0. The quantitative estimate of drug-likeness (QED) is 0.0741. The van der Waals surface area contributed by atoms with Crippen LogP contribution in [0.15, 0.2) is 127 Å². The highest BCUT2D eigenvalue weighted by Gasteiger charge is 2.17. The second-order valence-corrected chi connectivity index (χ2v) is 30.7. The van der Waals surface area contributed by atoms with E-state index in [4.69, 9.17) is 161 Å². The molecule has 0 atom stereocenters. The van der Waals surface area contributed by atoms with Gasteiger partial charge in [-0.25, -0.2) is 0 Å². The van der Waals surface area contributed by atoms with Gasteiger partial charge in [-0.15, -0.1) is 0 Å². The number of phenols is 7. The molecule has 14 rings (SSSR count). The minimum Gasteiger partial charge on any atom is -0.508 e. The lowest BCUT2D eigenvalue weighted by molar-refractivity contribution is -0.0134. The fourth-order valence-corrected chi connectivity index (χ4v) is 12.4. The van der Waals surface area contributed by atoms with Crippen LogP contribution in [0.3, 0.4) is 0 Å². The molecular formula is C102H148O41. The number of benzene rings is 7. The highest BCUT2D eigenvalue weighted by atomic mass is 16.6. The zero-order valence-electron chi connectivity index (χ0n) is 82.1. The summed E-state index contributed by atoms with van der Waals surface area (Å²) < 4.78 is 186. The van der Waals surface area contributed by atoms with E-state index in [1.54, 1.807) is 97.1 Å². The maximum Gasteiger partial charge on any atom is 0.164 e. The van der Waals surface area contributed by atoms with Gasteiger partial charge in [-0.05, 0) is 97.8 Å². The summed E-state index contributed by atoms with van der Waals surface area (Å²) in [5.74, 6) is 8.85. The van der Waals surface area contributed by atoms with Gasteiger partial charge >= 0.3 is 0 Å². The van der Waals surface area contributed by atoms with Crippen LogP contribution in [0.25, 0.3) is 0 Å². The smallest absolute Gasteiger partial charge is 0.164 e. The molecule has 41 nitrogen and oxygen atoms in total. The summed E-state index contributed by atoms with van der Waals surface area (Å²) in [5, 5.41) is 66.5. The van der Waals surface area contributed by atoms with Gasteiger partial charge < -0.3 is 197 Å². The summed E-state index contributed by atoms with van der Waals surface area (Å²) in [6, 6.07) is 33.5. The van der Waals surface area contributed by atoms with Crippen molar-refractivity contribution in [2.75, 3.05) is 357 Å². The van der Waals surface area contributed by atoms with Crippen molar-refractivity contribution in [2.24, 2.45) is 0 Å². The van der Waals surface area contributed by atoms with Crippen molar-refractivity contribution < 1.29 is 197 Å². The number of aromatic hydroxyl groups is 7. The Labute approximate surface area is 836 Å². The second-order valence-electron chi connectivity index (χ2n) is 30.7. The third kappa shape index (κ3) is 57.7. The Kier molecular flexibility index (Phi) is 65.8. The molecule has 0 unspecified atom stereocenters. The summed E-state index contributed by atoms with van der Waals surface area (Å²) in [6.07, 6.45) is 5.00. The van der Waals surface area contributed by atoms with Gasteiger partial charge in [-0.1, -0.05) is 0 Å². The first kappa shape index (κ1) is 118. The van der Waals surface area contributed by atoms with Crippen LogP contribution in [-0.2, 0) is 94.7 Å². The van der Waals surface area contributed by atoms with E-state index in [9.17, 15) is 35.7 Å². The molecule has 0 amide bonds. The maximum atomic E-state index is 9.63. The van der Waals surface area contributed by atoms with Gasteiger partial charge in [0.05, 0.1) is 238 Å². The SMILES string of the molecule is Oc1ccc2c(c1)OCCCOCCCOCCCO2.Oc1ccc2c(c1)OCCCOCCOCCCO2.Oc1ccc2c(c1)OCCOCCCOCCO2.Oc1ccc2c(c1)OCCOCCOCCO2.Oc1ccc2c(c1)OCCOCCOCCOCCO2.Oc1ccc2c(c1)OCCOCCOCCOCCOCCO2.Oc1ccc2c(c1)OCCOCCOCCOCCOCCOCCO2. The highest BCUT2D eigenvalue weighted by molar-refractivity contribution is 5.50. The van der Waals surface area contributed by atoms with Crippen LogP contribution in [0.5, 0.6) is 121 Å². The molecule has 0 saturated carbocycles. The average Bonchev–Trinajstić information content (AvgIpc) is 1.05. The molecule has 7 aliphatic heterocycles. The molecule has 7 aromatic carbocycles. The molecule has 7 N–H and O–H groups in total. The molecule has 0 fully saturated rings. The van der Waals surface area contributed by atoms with Gasteiger partial charge in [0.1, 0.15) is 106 Å². The van der Waals surface area contributed by atoms with Gasteiger partial charge in [0.25, 0.3) is 0 Å². The topological polar surface area (TPSA) is 455 Å². The Bertz CT molecular complexity index is 4230. The molecule has 0 spiro atoms. The van der Waals surface area contributed by atoms with Gasteiger partial charge in [0.15, 0.2) is 80.5 Å². The monoisotopic (exact) mass is 2030 g/mol. The van der Waals surface area contributed by atoms with Gasteiger partial charge in [-0.2, -0.15) is 0 Å². The van der Waals surface area contributed by atoms with Gasteiger partial charge in [-0.3, -0.25) is 0 Å². The third-order valence-electron chi connectivity index (χ3n) is 19.4. The number of ether oxygens (including phenoxy) is 34. The average molecular weight is 2030 g/mol. The zero-order chi connectivity index (χ0) is 100. The van der Waals surface area contributed by atoms with Gasteiger partial charge in [0, 0.05) is 121 Å². The Morgan fingerprint density at radius 3 is 0.329 bits per heavy atom. The van der Waals surface area contributed by atoms with E-state index >= 15 is 0 Å². The van der Waals surface area contributed by atoms with E-state index in [1.807, 2.05) is 0 Å². The van der Waals surface area contributed by atoms with E-state index in [0.717, 1.165) is 45.1 Å². The predicted octanol–water partition coefficient (Wildman–Crippen LogP) is 10.8. The molecule has 7 heterocycles. The Morgan fingerprint density at radius 2 is 0.189 bits per heavy atom. The Morgan fingerprint density at radius 1 is 0.0979 bits per heavy atom. The zero-order valence-corrected chi connectivity index (χ0v) is 82.1. The lowest BCUT2D eigenvalue weighted by Crippen LogP contribution is -2.15. The van der Waals surface area contributed by atoms with Crippen LogP contribution in [0.2, 0.25) is 0 Å². The van der Waals surface area contributed by atoms with Crippen molar-refractivity contribution in [1.29, 1.82) is 0 Å². The van der Waals surface area contributed by atoms with Crippen LogP contribution in [0.1, 0.15) is 38.5 Å². The highest BCUT2D eigenvalue weighted by Crippen LogP contribution is 2.38. The molecular weight excluding hydrogens is 1880 g/mol. The number of rotatable bonds is 0. The fourth-order valence-electron chi connectivity index (χ4n) is 12.4. The van der Waals surface area contributed by atoms with Crippen molar-refractivity contribution in [3.8, 4) is 121 Å². The summed E-state index contributed by atoms with van der Waals surface area (Å²) in [5.41, 5.74) is 0. The van der Waals surface area contributed by atoms with Crippen LogP contribution in [0.4, 0.5) is 0 Å². The lowest BCUT2D eigenvalue weighted by Gasteiger charge is -2.15. The lowest BCUT2D eigenvalue weighted by atomic mass is 10.3. The number of phenolic OH excluding ortho intramolecular Hbond substituents is 7. The molecule has 7 aromatic rings. The minimum absolute atomic E-state index is 0.114. The van der Waals surface area contributed by atoms with Crippen LogP contribution in [-0.4, -0.2) is 393 Å². The molecule has 802 valence electrons. The van der Waals surface area contributed by atoms with E-state index in [0.29, 0.717) is 431 Å². The largest absolute Gasteiger partial charge is 0.508 e. The summed E-state index contributed by atoms with van der Waals surface area (Å²) in [7, 11) is 0. The van der Waals surface area contributed by atoms with Crippen molar-refractivity contribution in [2.45, 2.75) is 38.5 Å². The fraction of sp³-hybridized carbons (Fsp3) is 0.588. The molecule has 0 aromatic heterocycles. The second kappa shape index (κ2) is 79.9. The van der Waals surface area contributed by atoms with Crippen molar-refractivity contribution >= 4 is 0 Å². The van der Waals surface area contributed by atoms with Crippen LogP contribution in [0, 0.1) is 0 Å². The van der Waals surface area contributed by atoms with Crippen LogP contribution >= 0.6 is 0 Å².